The van der Waals surface area contributed by atoms with Crippen LogP contribution in [0.5, 0.6) is 0 Å². The number of hydrogen-bond acceptors (Lipinski definition) is 2. The van der Waals surface area contributed by atoms with Crippen LogP contribution >= 0.6 is 15.9 Å². The number of nitrogens with one attached hydrogen (secondary N) is 1. The second kappa shape index (κ2) is 6.16. The molecule has 0 saturated heterocycles. The van der Waals surface area contributed by atoms with E-state index in [-0.39, 0.29) is 0 Å². The number of nitrogens with zero attached hydrogens (tertiary/aromatic N) is 2. The molecule has 0 saturated carbocycles. The number of hydrogen-bond donors (Lipinski definition) is 1. The minimum atomic E-state index is 0.345. The number of aromatic nitrogens is 2. The average molecular weight is 308 g/mol. The lowest BCUT2D eigenvalue weighted by atomic mass is 10.0. The molecule has 3 nitrogen and oxygen atoms in total. The van der Waals surface area contributed by atoms with Crippen molar-refractivity contribution in [2.24, 2.45) is 7.05 Å². The van der Waals surface area contributed by atoms with Gasteiger partial charge in [-0.05, 0) is 25.1 Å². The third kappa shape index (κ3) is 3.00. The molecule has 96 valence electrons. The summed E-state index contributed by atoms with van der Waals surface area (Å²) in [6.07, 6.45) is 5.84. The predicted octanol–water partition coefficient (Wildman–Crippen LogP) is 3.08. The lowest BCUT2D eigenvalue weighted by Crippen LogP contribution is -2.18. The van der Waals surface area contributed by atoms with Gasteiger partial charge < -0.3 is 9.88 Å². The monoisotopic (exact) mass is 307 g/mol. The molecule has 0 aliphatic rings. The van der Waals surface area contributed by atoms with Gasteiger partial charge in [-0.15, -0.1) is 0 Å². The van der Waals surface area contributed by atoms with Gasteiger partial charge in [0.2, 0.25) is 0 Å². The number of aryl methyl sites for hydroxylation is 2. The Morgan fingerprint density at radius 1 is 1.39 bits per heavy atom. The summed E-state index contributed by atoms with van der Waals surface area (Å²) in [7, 11) is 4.04. The van der Waals surface area contributed by atoms with Gasteiger partial charge in [0.1, 0.15) is 5.82 Å². The topological polar surface area (TPSA) is 29.9 Å². The zero-order valence-corrected chi connectivity index (χ0v) is 12.3. The van der Waals surface area contributed by atoms with Crippen LogP contribution in [0.15, 0.2) is 41.1 Å². The van der Waals surface area contributed by atoms with E-state index in [0.717, 1.165) is 23.1 Å². The quantitative estimate of drug-likeness (QED) is 0.920. The Balaban J connectivity index is 2.07. The minimum Gasteiger partial charge on any atom is -0.338 e. The van der Waals surface area contributed by atoms with E-state index in [1.54, 1.807) is 0 Å². The van der Waals surface area contributed by atoms with Gasteiger partial charge in [-0.1, -0.05) is 34.1 Å². The van der Waals surface area contributed by atoms with Gasteiger partial charge in [0.05, 0.1) is 0 Å². The van der Waals surface area contributed by atoms with Crippen molar-refractivity contribution < 1.29 is 0 Å². The second-order valence-corrected chi connectivity index (χ2v) is 5.21. The molecule has 4 heteroatoms. The van der Waals surface area contributed by atoms with Gasteiger partial charge in [-0.25, -0.2) is 4.98 Å². The van der Waals surface area contributed by atoms with E-state index in [0.29, 0.717) is 6.04 Å². The molecule has 0 amide bonds. The van der Waals surface area contributed by atoms with Gasteiger partial charge in [0.25, 0.3) is 0 Å². The van der Waals surface area contributed by atoms with Gasteiger partial charge >= 0.3 is 0 Å². The molecule has 18 heavy (non-hydrogen) atoms. The lowest BCUT2D eigenvalue weighted by Gasteiger charge is -2.18. The largest absolute Gasteiger partial charge is 0.338 e. The van der Waals surface area contributed by atoms with Crippen molar-refractivity contribution in [1.82, 2.24) is 14.9 Å². The van der Waals surface area contributed by atoms with Crippen LogP contribution in [0.25, 0.3) is 0 Å². The predicted molar refractivity (Wildman–Crippen MR) is 77.5 cm³/mol. The van der Waals surface area contributed by atoms with Gasteiger partial charge in [0, 0.05) is 36.4 Å². The summed E-state index contributed by atoms with van der Waals surface area (Å²) < 4.78 is 3.23. The number of imidazole rings is 1. The van der Waals surface area contributed by atoms with E-state index >= 15 is 0 Å². The molecule has 0 spiro atoms. The van der Waals surface area contributed by atoms with E-state index in [9.17, 15) is 0 Å². The molecular formula is C14H18BrN3. The van der Waals surface area contributed by atoms with Crippen LogP contribution in [0.1, 0.15) is 23.9 Å². The molecule has 0 bridgehead atoms. The van der Waals surface area contributed by atoms with Crippen LogP contribution in [0, 0.1) is 0 Å². The SMILES string of the molecule is CNC(CCc1nccn1C)c1ccccc1Br. The lowest BCUT2D eigenvalue weighted by molar-refractivity contribution is 0.534. The first-order valence-corrected chi connectivity index (χ1v) is 6.89. The van der Waals surface area contributed by atoms with E-state index < -0.39 is 0 Å². The summed E-state index contributed by atoms with van der Waals surface area (Å²) in [5.41, 5.74) is 1.30. The standard InChI is InChI=1S/C14H18BrN3/c1-16-13(11-5-3-4-6-12(11)15)7-8-14-17-9-10-18(14)2/h3-6,9-10,13,16H,7-8H2,1-2H3. The highest BCUT2D eigenvalue weighted by atomic mass is 79.9. The number of halogens is 1. The Labute approximate surface area is 116 Å². The molecule has 0 fully saturated rings. The van der Waals surface area contributed by atoms with Crippen molar-refractivity contribution in [1.29, 1.82) is 0 Å². The van der Waals surface area contributed by atoms with Gasteiger partial charge in [-0.3, -0.25) is 0 Å². The summed E-state index contributed by atoms with van der Waals surface area (Å²) in [4.78, 5) is 4.36. The summed E-state index contributed by atoms with van der Waals surface area (Å²) in [5.74, 6) is 1.13. The molecule has 0 aliphatic heterocycles. The van der Waals surface area contributed by atoms with E-state index in [4.69, 9.17) is 0 Å². The molecule has 1 aromatic heterocycles. The van der Waals surface area contributed by atoms with E-state index in [1.807, 2.05) is 32.6 Å². The van der Waals surface area contributed by atoms with Crippen LogP contribution in [0.4, 0.5) is 0 Å². The minimum absolute atomic E-state index is 0.345. The fourth-order valence-corrected chi connectivity index (χ4v) is 2.68. The van der Waals surface area contributed by atoms with Crippen molar-refractivity contribution in [3.05, 3.63) is 52.5 Å². The van der Waals surface area contributed by atoms with Gasteiger partial charge in [-0.2, -0.15) is 0 Å². The van der Waals surface area contributed by atoms with Gasteiger partial charge in [0.15, 0.2) is 0 Å². The molecule has 0 radical (unpaired) electrons. The molecule has 1 aromatic carbocycles. The van der Waals surface area contributed by atoms with Crippen molar-refractivity contribution in [2.45, 2.75) is 18.9 Å². The zero-order valence-electron chi connectivity index (χ0n) is 10.7. The Kier molecular flexibility index (Phi) is 4.55. The molecule has 2 aromatic rings. The molecule has 2 rings (SSSR count). The zero-order chi connectivity index (χ0) is 13.0. The molecular weight excluding hydrogens is 290 g/mol. The fourth-order valence-electron chi connectivity index (χ4n) is 2.12. The third-order valence-electron chi connectivity index (χ3n) is 3.21. The second-order valence-electron chi connectivity index (χ2n) is 4.36. The first-order valence-electron chi connectivity index (χ1n) is 6.10. The maximum absolute atomic E-state index is 4.36. The maximum Gasteiger partial charge on any atom is 0.108 e. The Morgan fingerprint density at radius 3 is 2.78 bits per heavy atom. The first-order chi connectivity index (χ1) is 8.72. The number of rotatable bonds is 5. The van der Waals surface area contributed by atoms with E-state index in [2.05, 4.69) is 49.0 Å². The van der Waals surface area contributed by atoms with Crippen LogP contribution in [-0.2, 0) is 13.5 Å². The smallest absolute Gasteiger partial charge is 0.108 e. The summed E-state index contributed by atoms with van der Waals surface area (Å²) in [6.45, 7) is 0. The summed E-state index contributed by atoms with van der Waals surface area (Å²) >= 11 is 3.61. The summed E-state index contributed by atoms with van der Waals surface area (Å²) in [5, 5.41) is 3.37. The first kappa shape index (κ1) is 13.3. The molecule has 1 heterocycles. The van der Waals surface area contributed by atoms with Crippen LogP contribution in [-0.4, -0.2) is 16.6 Å². The van der Waals surface area contributed by atoms with Crippen LogP contribution in [0.2, 0.25) is 0 Å². The highest BCUT2D eigenvalue weighted by Gasteiger charge is 2.13. The molecule has 1 atom stereocenters. The van der Waals surface area contributed by atoms with Crippen LogP contribution in [0.3, 0.4) is 0 Å². The molecule has 0 aliphatic carbocycles. The van der Waals surface area contributed by atoms with Crippen molar-refractivity contribution >= 4 is 15.9 Å². The highest BCUT2D eigenvalue weighted by Crippen LogP contribution is 2.26. The Bertz CT molecular complexity index is 507. The number of benzene rings is 1. The Hall–Kier alpha value is -1.13. The van der Waals surface area contributed by atoms with E-state index in [1.165, 1.54) is 5.56 Å². The van der Waals surface area contributed by atoms with Crippen LogP contribution < -0.4 is 5.32 Å². The molecule has 1 N–H and O–H groups in total. The van der Waals surface area contributed by atoms with Crippen molar-refractivity contribution in [3.8, 4) is 0 Å². The summed E-state index contributed by atoms with van der Waals surface area (Å²) in [6, 6.07) is 8.70. The van der Waals surface area contributed by atoms with Crippen molar-refractivity contribution in [3.63, 3.8) is 0 Å². The van der Waals surface area contributed by atoms with Crippen molar-refractivity contribution in [2.75, 3.05) is 7.05 Å². The Morgan fingerprint density at radius 2 is 2.17 bits per heavy atom. The third-order valence-corrected chi connectivity index (χ3v) is 3.93. The fraction of sp³-hybridized carbons (Fsp3) is 0.357. The average Bonchev–Trinajstić information content (AvgIpc) is 2.78. The maximum atomic E-state index is 4.36. The highest BCUT2D eigenvalue weighted by molar-refractivity contribution is 9.10. The normalized spacial score (nSPS) is 12.6. The molecule has 1 unspecified atom stereocenters.